The van der Waals surface area contributed by atoms with Crippen molar-refractivity contribution in [1.82, 2.24) is 10.2 Å². The molecular weight excluding hydrogens is 376 g/mol. The maximum Gasteiger partial charge on any atom is 0.244 e. The molecule has 0 amide bonds. The molecule has 0 unspecified atom stereocenters. The molecule has 0 aliphatic carbocycles. The Labute approximate surface area is 175 Å². The van der Waals surface area contributed by atoms with Crippen molar-refractivity contribution < 1.29 is 9.47 Å². The van der Waals surface area contributed by atoms with E-state index in [9.17, 15) is 5.26 Å². The minimum atomic E-state index is -0.352. The second-order valence-electron chi connectivity index (χ2n) is 8.34. The molecule has 1 aliphatic heterocycles. The number of hydrogen-bond acceptors (Lipinski definition) is 5. The first-order valence-corrected chi connectivity index (χ1v) is 9.81. The lowest BCUT2D eigenvalue weighted by Crippen LogP contribution is -2.23. The topological polar surface area (TPSA) is 97.0 Å². The monoisotopic (exact) mass is 400 g/mol. The fourth-order valence-corrected chi connectivity index (χ4v) is 3.65. The zero-order valence-electron chi connectivity index (χ0n) is 17.3. The number of nitrogens with one attached hydrogen (secondary N) is 1. The highest BCUT2D eigenvalue weighted by atomic mass is 16.5. The maximum absolute atomic E-state index is 9.79. The summed E-state index contributed by atoms with van der Waals surface area (Å²) in [7, 11) is 0. The Hall–Kier alpha value is -3.72. The smallest absolute Gasteiger partial charge is 0.244 e. The molecule has 30 heavy (non-hydrogen) atoms. The van der Waals surface area contributed by atoms with Crippen LogP contribution in [0.5, 0.6) is 11.6 Å². The molecule has 1 aromatic heterocycles. The van der Waals surface area contributed by atoms with Crippen LogP contribution in [0, 0.1) is 11.3 Å². The number of benzene rings is 2. The van der Waals surface area contributed by atoms with Crippen molar-refractivity contribution in [1.29, 1.82) is 5.26 Å². The molecule has 4 rings (SSSR count). The summed E-state index contributed by atoms with van der Waals surface area (Å²) in [6.45, 7) is 6.76. The summed E-state index contributed by atoms with van der Waals surface area (Å²) in [5, 5.41) is 17.2. The highest BCUT2D eigenvalue weighted by Crippen LogP contribution is 2.45. The number of fused-ring (bicyclic) bond motifs is 1. The van der Waals surface area contributed by atoms with Gasteiger partial charge in [0.1, 0.15) is 24.0 Å². The largest absolute Gasteiger partial charge is 0.489 e. The average molecular weight is 400 g/mol. The van der Waals surface area contributed by atoms with Crippen molar-refractivity contribution >= 4 is 0 Å². The van der Waals surface area contributed by atoms with Gasteiger partial charge in [0.25, 0.3) is 0 Å². The summed E-state index contributed by atoms with van der Waals surface area (Å²) in [6, 6.07) is 20.0. The van der Waals surface area contributed by atoms with Gasteiger partial charge in [-0.25, -0.2) is 0 Å². The van der Waals surface area contributed by atoms with Crippen molar-refractivity contribution in [2.75, 3.05) is 0 Å². The summed E-state index contributed by atoms with van der Waals surface area (Å²) in [4.78, 5) is 0. The van der Waals surface area contributed by atoms with Crippen LogP contribution in [-0.2, 0) is 12.0 Å². The van der Waals surface area contributed by atoms with Crippen molar-refractivity contribution in [3.63, 3.8) is 0 Å². The van der Waals surface area contributed by atoms with Gasteiger partial charge in [-0.15, -0.1) is 5.10 Å². The predicted octanol–water partition coefficient (Wildman–Crippen LogP) is 4.50. The summed E-state index contributed by atoms with van der Waals surface area (Å²) >= 11 is 0. The van der Waals surface area contributed by atoms with E-state index in [0.717, 1.165) is 28.1 Å². The molecule has 6 heteroatoms. The number of hydrogen-bond donors (Lipinski definition) is 2. The normalized spacial score (nSPS) is 15.9. The molecule has 0 spiro atoms. The fourth-order valence-electron chi connectivity index (χ4n) is 3.65. The number of H-pyrrole nitrogens is 1. The van der Waals surface area contributed by atoms with E-state index in [1.807, 2.05) is 54.6 Å². The van der Waals surface area contributed by atoms with E-state index in [-0.39, 0.29) is 17.2 Å². The first kappa shape index (κ1) is 19.6. The van der Waals surface area contributed by atoms with Crippen LogP contribution in [0.1, 0.15) is 49.1 Å². The third kappa shape index (κ3) is 3.62. The molecular formula is C24H24N4O2. The lowest BCUT2D eigenvalue weighted by Gasteiger charge is -2.27. The fraction of sp³-hybridized carbons (Fsp3) is 0.250. The van der Waals surface area contributed by atoms with E-state index in [4.69, 9.17) is 15.2 Å². The minimum absolute atomic E-state index is 0.0892. The second-order valence-corrected chi connectivity index (χ2v) is 8.34. The van der Waals surface area contributed by atoms with Crippen LogP contribution in [0.2, 0.25) is 0 Å². The summed E-state index contributed by atoms with van der Waals surface area (Å²) in [5.41, 5.74) is 10.0. The summed E-state index contributed by atoms with van der Waals surface area (Å²) < 4.78 is 11.5. The summed E-state index contributed by atoms with van der Waals surface area (Å²) in [5.74, 6) is 0.917. The molecule has 3 N–H and O–H groups in total. The summed E-state index contributed by atoms with van der Waals surface area (Å²) in [6.07, 6.45) is 0. The standard InChI is InChI=1S/C24H24N4O2/c1-24(2,3)21-20-19(18(13-25)22(26)30-23(20)28-27-21)16-9-11-17(12-10-16)29-14-15-7-5-4-6-8-15/h4-12,19H,14,26H2,1-3H3,(H,27,28)/t19-/m0/s1. The van der Waals surface area contributed by atoms with E-state index >= 15 is 0 Å². The zero-order chi connectivity index (χ0) is 21.3. The van der Waals surface area contributed by atoms with Crippen molar-refractivity contribution in [3.05, 3.63) is 88.4 Å². The first-order chi connectivity index (χ1) is 14.4. The zero-order valence-corrected chi connectivity index (χ0v) is 17.3. The number of aromatic amines is 1. The third-order valence-corrected chi connectivity index (χ3v) is 5.15. The maximum atomic E-state index is 9.79. The van der Waals surface area contributed by atoms with E-state index in [2.05, 4.69) is 37.0 Å². The van der Waals surface area contributed by atoms with Gasteiger partial charge in [-0.05, 0) is 23.3 Å². The van der Waals surface area contributed by atoms with Gasteiger partial charge in [0, 0.05) is 11.1 Å². The number of nitrogens with two attached hydrogens (primary N) is 1. The van der Waals surface area contributed by atoms with Crippen molar-refractivity contribution in [2.45, 2.75) is 38.7 Å². The van der Waals surface area contributed by atoms with Gasteiger partial charge in [0.15, 0.2) is 0 Å². The highest BCUT2D eigenvalue weighted by Gasteiger charge is 2.37. The van der Waals surface area contributed by atoms with Crippen LogP contribution >= 0.6 is 0 Å². The predicted molar refractivity (Wildman–Crippen MR) is 114 cm³/mol. The van der Waals surface area contributed by atoms with Gasteiger partial charge in [0.05, 0.1) is 11.5 Å². The van der Waals surface area contributed by atoms with Gasteiger partial charge in [-0.3, -0.25) is 5.10 Å². The molecule has 0 saturated heterocycles. The van der Waals surface area contributed by atoms with E-state index in [1.165, 1.54) is 0 Å². The molecule has 0 bridgehead atoms. The van der Waals surface area contributed by atoms with Crippen LogP contribution < -0.4 is 15.2 Å². The molecule has 0 saturated carbocycles. The van der Waals surface area contributed by atoms with Gasteiger partial charge < -0.3 is 15.2 Å². The van der Waals surface area contributed by atoms with Crippen molar-refractivity contribution in [2.24, 2.45) is 5.73 Å². The SMILES string of the molecule is CC(C)(C)c1[nH]nc2c1[C@@H](c1ccc(OCc3ccccc3)cc1)C(C#N)=C(N)O2. The molecule has 0 radical (unpaired) electrons. The van der Waals surface area contributed by atoms with E-state index < -0.39 is 0 Å². The number of aromatic nitrogens is 2. The van der Waals surface area contributed by atoms with E-state index in [1.54, 1.807) is 0 Å². The lowest BCUT2D eigenvalue weighted by molar-refractivity contribution is 0.306. The number of rotatable bonds is 4. The molecule has 2 heterocycles. The number of allylic oxidation sites excluding steroid dienone is 1. The van der Waals surface area contributed by atoms with Crippen LogP contribution in [0.3, 0.4) is 0 Å². The van der Waals surface area contributed by atoms with Crippen LogP contribution in [0.4, 0.5) is 0 Å². The van der Waals surface area contributed by atoms with Gasteiger partial charge in [-0.1, -0.05) is 63.2 Å². The van der Waals surface area contributed by atoms with Crippen LogP contribution in [0.25, 0.3) is 0 Å². The number of nitrogens with zero attached hydrogens (tertiary/aromatic N) is 2. The van der Waals surface area contributed by atoms with Crippen molar-refractivity contribution in [3.8, 4) is 17.7 Å². The van der Waals surface area contributed by atoms with E-state index in [0.29, 0.717) is 18.1 Å². The Kier molecular flexibility index (Phi) is 4.96. The Morgan fingerprint density at radius 1 is 1.13 bits per heavy atom. The van der Waals surface area contributed by atoms with Gasteiger partial charge in [-0.2, -0.15) is 5.26 Å². The van der Waals surface area contributed by atoms with Crippen LogP contribution in [-0.4, -0.2) is 10.2 Å². The number of ether oxygens (including phenoxy) is 2. The molecule has 1 atom stereocenters. The average Bonchev–Trinajstić information content (AvgIpc) is 3.16. The molecule has 6 nitrogen and oxygen atoms in total. The molecule has 0 fully saturated rings. The second kappa shape index (κ2) is 7.60. The Morgan fingerprint density at radius 2 is 1.83 bits per heavy atom. The Bertz CT molecular complexity index is 1120. The van der Waals surface area contributed by atoms with Crippen LogP contribution in [0.15, 0.2) is 66.1 Å². The Morgan fingerprint density at radius 3 is 2.47 bits per heavy atom. The molecule has 2 aromatic carbocycles. The molecule has 1 aliphatic rings. The van der Waals surface area contributed by atoms with Gasteiger partial charge in [0.2, 0.25) is 11.8 Å². The molecule has 3 aromatic rings. The lowest BCUT2D eigenvalue weighted by atomic mass is 9.79. The van der Waals surface area contributed by atoms with Gasteiger partial charge >= 0.3 is 0 Å². The minimum Gasteiger partial charge on any atom is -0.489 e. The quantitative estimate of drug-likeness (QED) is 0.672. The third-order valence-electron chi connectivity index (χ3n) is 5.15. The Balaban J connectivity index is 1.67. The highest BCUT2D eigenvalue weighted by molar-refractivity contribution is 5.56. The number of nitriles is 1. The first-order valence-electron chi connectivity index (χ1n) is 9.81. The molecule has 152 valence electrons.